The maximum absolute atomic E-state index is 4.57. The fourth-order valence-corrected chi connectivity index (χ4v) is 3.85. The van der Waals surface area contributed by atoms with Crippen molar-refractivity contribution in [2.24, 2.45) is 12.5 Å². The van der Waals surface area contributed by atoms with E-state index in [4.69, 9.17) is 0 Å². The summed E-state index contributed by atoms with van der Waals surface area (Å²) < 4.78 is 3.24. The van der Waals surface area contributed by atoms with Gasteiger partial charge in [-0.25, -0.2) is 0 Å². The van der Waals surface area contributed by atoms with Gasteiger partial charge in [-0.3, -0.25) is 4.68 Å². The van der Waals surface area contributed by atoms with Crippen molar-refractivity contribution in [1.29, 1.82) is 0 Å². The van der Waals surface area contributed by atoms with Crippen molar-refractivity contribution in [2.75, 3.05) is 5.33 Å². The molecule has 2 nitrogen and oxygen atoms in total. The topological polar surface area (TPSA) is 17.8 Å². The van der Waals surface area contributed by atoms with Crippen LogP contribution in [0.15, 0.2) is 4.47 Å². The van der Waals surface area contributed by atoms with Gasteiger partial charge >= 0.3 is 0 Å². The minimum Gasteiger partial charge on any atom is -0.271 e. The van der Waals surface area contributed by atoms with Crippen LogP contribution in [0.5, 0.6) is 0 Å². The molecule has 0 radical (unpaired) electrons. The van der Waals surface area contributed by atoms with Crippen LogP contribution < -0.4 is 0 Å². The van der Waals surface area contributed by atoms with Crippen LogP contribution >= 0.6 is 31.9 Å². The number of hydrogen-bond acceptors (Lipinski definition) is 1. The van der Waals surface area contributed by atoms with E-state index in [0.717, 1.165) is 23.9 Å². The maximum Gasteiger partial charge on any atom is 0.0766 e. The lowest BCUT2D eigenvalue weighted by Crippen LogP contribution is -2.25. The summed E-state index contributed by atoms with van der Waals surface area (Å²) in [6.07, 6.45) is 4.44. The molecule has 0 aromatic carbocycles. The smallest absolute Gasteiger partial charge is 0.0766 e. The Hall–Kier alpha value is 0.170. The molecule has 0 spiro atoms. The third kappa shape index (κ3) is 3.14. The van der Waals surface area contributed by atoms with Crippen LogP contribution in [0.4, 0.5) is 0 Å². The third-order valence-corrected chi connectivity index (χ3v) is 5.93. The molecular formula is C13H22Br2N2. The van der Waals surface area contributed by atoms with Crippen molar-refractivity contribution in [2.45, 2.75) is 46.5 Å². The first kappa shape index (κ1) is 15.2. The summed E-state index contributed by atoms with van der Waals surface area (Å²) in [5.41, 5.74) is 2.84. The van der Waals surface area contributed by atoms with Crippen LogP contribution in [-0.4, -0.2) is 15.1 Å². The van der Waals surface area contributed by atoms with Gasteiger partial charge < -0.3 is 0 Å². The fraction of sp³-hybridized carbons (Fsp3) is 0.769. The van der Waals surface area contributed by atoms with Crippen LogP contribution in [-0.2, 0) is 19.9 Å². The second kappa shape index (κ2) is 6.37. The van der Waals surface area contributed by atoms with Crippen LogP contribution in [0, 0.1) is 5.41 Å². The van der Waals surface area contributed by atoms with Crippen molar-refractivity contribution < 1.29 is 0 Å². The van der Waals surface area contributed by atoms with Crippen molar-refractivity contribution in [3.63, 3.8) is 0 Å². The summed E-state index contributed by atoms with van der Waals surface area (Å²) in [4.78, 5) is 0. The molecule has 0 fully saturated rings. The molecule has 0 N–H and O–H groups in total. The van der Waals surface area contributed by atoms with E-state index in [9.17, 15) is 0 Å². The normalized spacial score (nSPS) is 12.1. The van der Waals surface area contributed by atoms with Crippen LogP contribution in [0.1, 0.15) is 45.0 Å². The SMILES string of the molecule is CCc1nn(C)c(CC(CC)(CC)CBr)c1Br. The molecule has 0 bridgehead atoms. The Labute approximate surface area is 121 Å². The van der Waals surface area contributed by atoms with Gasteiger partial charge in [-0.1, -0.05) is 36.7 Å². The third-order valence-electron chi connectivity index (χ3n) is 3.83. The molecular weight excluding hydrogens is 344 g/mol. The molecule has 0 aliphatic carbocycles. The minimum atomic E-state index is 0.349. The first-order valence-corrected chi connectivity index (χ1v) is 8.21. The first-order valence-electron chi connectivity index (χ1n) is 6.29. The lowest BCUT2D eigenvalue weighted by Gasteiger charge is -2.29. The lowest BCUT2D eigenvalue weighted by molar-refractivity contribution is 0.299. The van der Waals surface area contributed by atoms with Crippen LogP contribution in [0.2, 0.25) is 0 Å². The monoisotopic (exact) mass is 364 g/mol. The fourth-order valence-electron chi connectivity index (χ4n) is 2.10. The summed E-state index contributed by atoms with van der Waals surface area (Å²) in [6, 6.07) is 0. The Bertz CT molecular complexity index is 359. The summed E-state index contributed by atoms with van der Waals surface area (Å²) >= 11 is 7.38. The summed E-state index contributed by atoms with van der Waals surface area (Å²) in [6.45, 7) is 6.69. The number of hydrogen-bond donors (Lipinski definition) is 0. The molecule has 4 heteroatoms. The van der Waals surface area contributed by atoms with E-state index in [1.165, 1.54) is 23.0 Å². The van der Waals surface area contributed by atoms with Gasteiger partial charge in [-0.15, -0.1) is 0 Å². The average molecular weight is 366 g/mol. The molecule has 1 aromatic heterocycles. The second-order valence-corrected chi connectivity index (χ2v) is 6.06. The maximum atomic E-state index is 4.57. The number of rotatable bonds is 6. The predicted octanol–water partition coefficient (Wildman–Crippen LogP) is 4.49. The van der Waals surface area contributed by atoms with Gasteiger partial charge in [0.2, 0.25) is 0 Å². The number of aromatic nitrogens is 2. The van der Waals surface area contributed by atoms with Crippen molar-refractivity contribution in [3.05, 3.63) is 15.9 Å². The van der Waals surface area contributed by atoms with Crippen molar-refractivity contribution in [3.8, 4) is 0 Å². The molecule has 0 atom stereocenters. The average Bonchev–Trinajstić information content (AvgIpc) is 2.62. The van der Waals surface area contributed by atoms with E-state index in [-0.39, 0.29) is 0 Å². The number of nitrogens with zero attached hydrogens (tertiary/aromatic N) is 2. The Morgan fingerprint density at radius 1 is 1.24 bits per heavy atom. The first-order chi connectivity index (χ1) is 8.03. The molecule has 17 heavy (non-hydrogen) atoms. The van der Waals surface area contributed by atoms with Gasteiger partial charge in [0, 0.05) is 12.4 Å². The Balaban J connectivity index is 3.05. The Kier molecular flexibility index (Phi) is 5.71. The Morgan fingerprint density at radius 3 is 2.18 bits per heavy atom. The lowest BCUT2D eigenvalue weighted by atomic mass is 9.80. The molecule has 0 saturated heterocycles. The van der Waals surface area contributed by atoms with Gasteiger partial charge in [-0.2, -0.15) is 5.10 Å². The van der Waals surface area contributed by atoms with E-state index in [1.54, 1.807) is 0 Å². The molecule has 1 aromatic rings. The minimum absolute atomic E-state index is 0.349. The molecule has 1 rings (SSSR count). The number of halogens is 2. The number of alkyl halides is 1. The molecule has 0 saturated carbocycles. The Morgan fingerprint density at radius 2 is 1.82 bits per heavy atom. The number of aryl methyl sites for hydroxylation is 2. The summed E-state index contributed by atoms with van der Waals surface area (Å²) in [5, 5.41) is 5.62. The van der Waals surface area contributed by atoms with Crippen LogP contribution in [0.25, 0.3) is 0 Å². The molecule has 0 aliphatic heterocycles. The highest BCUT2D eigenvalue weighted by Gasteiger charge is 2.28. The van der Waals surface area contributed by atoms with E-state index >= 15 is 0 Å². The standard InChI is InChI=1S/C13H22Br2N2/c1-5-10-12(15)11(17(4)16-10)8-13(6-2,7-3)9-14/h5-9H2,1-4H3. The highest BCUT2D eigenvalue weighted by Crippen LogP contribution is 2.35. The molecule has 1 heterocycles. The molecule has 0 aliphatic rings. The van der Waals surface area contributed by atoms with Gasteiger partial charge in [0.05, 0.1) is 15.9 Å². The summed E-state index contributed by atoms with van der Waals surface area (Å²) in [5.74, 6) is 0. The zero-order chi connectivity index (χ0) is 13.1. The quantitative estimate of drug-likeness (QED) is 0.679. The highest BCUT2D eigenvalue weighted by atomic mass is 79.9. The van der Waals surface area contributed by atoms with E-state index in [0.29, 0.717) is 5.41 Å². The largest absolute Gasteiger partial charge is 0.271 e. The van der Waals surface area contributed by atoms with Gasteiger partial charge in [0.1, 0.15) is 0 Å². The van der Waals surface area contributed by atoms with Crippen molar-refractivity contribution >= 4 is 31.9 Å². The van der Waals surface area contributed by atoms with Crippen molar-refractivity contribution in [1.82, 2.24) is 9.78 Å². The molecule has 0 unspecified atom stereocenters. The van der Waals surface area contributed by atoms with Gasteiger partial charge in [0.25, 0.3) is 0 Å². The predicted molar refractivity (Wildman–Crippen MR) is 80.8 cm³/mol. The van der Waals surface area contributed by atoms with E-state index < -0.39 is 0 Å². The van der Waals surface area contributed by atoms with Gasteiger partial charge in [-0.05, 0) is 47.0 Å². The molecule has 98 valence electrons. The molecule has 0 amide bonds. The highest BCUT2D eigenvalue weighted by molar-refractivity contribution is 9.10. The van der Waals surface area contributed by atoms with Gasteiger partial charge in [0.15, 0.2) is 0 Å². The van der Waals surface area contributed by atoms with E-state index in [2.05, 4.69) is 57.7 Å². The van der Waals surface area contributed by atoms with Crippen LogP contribution in [0.3, 0.4) is 0 Å². The zero-order valence-electron chi connectivity index (χ0n) is 11.2. The summed E-state index contributed by atoms with van der Waals surface area (Å²) in [7, 11) is 2.05. The van der Waals surface area contributed by atoms with E-state index in [1.807, 2.05) is 11.7 Å². The zero-order valence-corrected chi connectivity index (χ0v) is 14.4. The second-order valence-electron chi connectivity index (χ2n) is 4.70.